The van der Waals surface area contributed by atoms with Gasteiger partial charge in [-0.25, -0.2) is 0 Å². The molecule has 0 aliphatic carbocycles. The Hall–Kier alpha value is -1.35. The van der Waals surface area contributed by atoms with Crippen LogP contribution in [-0.4, -0.2) is 21.8 Å². The van der Waals surface area contributed by atoms with Gasteiger partial charge in [0, 0.05) is 0 Å². The van der Waals surface area contributed by atoms with Crippen molar-refractivity contribution in [3.8, 4) is 5.75 Å². The molecule has 3 N–H and O–H groups in total. The van der Waals surface area contributed by atoms with Gasteiger partial charge < -0.3 is 0 Å². The summed E-state index contributed by atoms with van der Waals surface area (Å²) in [6.45, 7) is 0.577. The Morgan fingerprint density at radius 1 is 1.60 bits per heavy atom. The Morgan fingerprint density at radius 3 is 3.13 bits per heavy atom. The zero-order chi connectivity index (χ0) is 10.8. The van der Waals surface area contributed by atoms with Gasteiger partial charge in [0.2, 0.25) is 0 Å². The molecule has 0 unspecified atom stereocenters. The fraction of sp³-hybridized carbons (Fsp3) is 0.111. The van der Waals surface area contributed by atoms with Crippen LogP contribution < -0.4 is 15.4 Å². The van der Waals surface area contributed by atoms with Crippen LogP contribution in [0.15, 0.2) is 18.2 Å². The van der Waals surface area contributed by atoms with Crippen LogP contribution in [0.3, 0.4) is 0 Å². The quantitative estimate of drug-likeness (QED) is 0.691. The van der Waals surface area contributed by atoms with E-state index in [1.807, 2.05) is 0 Å². The minimum absolute atomic E-state index is 0.530. The van der Waals surface area contributed by atoms with Gasteiger partial charge in [-0.05, 0) is 0 Å². The van der Waals surface area contributed by atoms with Crippen LogP contribution in [0.25, 0.3) is 0 Å². The molecule has 0 radical (unpaired) electrons. The van der Waals surface area contributed by atoms with Gasteiger partial charge >= 0.3 is 96.7 Å². The molecule has 5 nitrogen and oxygen atoms in total. The molecule has 2 rings (SSSR count). The monoisotopic (exact) mass is 376 g/mol. The first kappa shape index (κ1) is 10.2. The zero-order valence-corrected chi connectivity index (χ0v) is 10.5. The number of carboxylic acid groups (broad SMARTS) is 1. The maximum absolute atomic E-state index is 10.4. The number of benzene rings is 1. The normalized spacial score (nSPS) is 13.5. The van der Waals surface area contributed by atoms with Crippen molar-refractivity contribution in [1.82, 2.24) is 0 Å². The molecule has 1 aliphatic rings. The Bertz CT molecular complexity index is 433. The number of hydrogen-bond acceptors (Lipinski definition) is 3. The molecule has 6 heteroatoms. The molecular formula is C9H8N2O3W. The average molecular weight is 376 g/mol. The van der Waals surface area contributed by atoms with E-state index in [4.69, 9.17) is 9.84 Å². The number of ether oxygens (including phenoxy) is 1. The Kier molecular flexibility index (Phi) is 2.73. The van der Waals surface area contributed by atoms with E-state index >= 15 is 0 Å². The van der Waals surface area contributed by atoms with Crippen molar-refractivity contribution >= 4 is 21.5 Å². The number of anilines is 2. The fourth-order valence-corrected chi connectivity index (χ4v) is 1.89. The summed E-state index contributed by atoms with van der Waals surface area (Å²) in [6, 6.07) is 5.13. The van der Waals surface area contributed by atoms with Crippen LogP contribution in [0, 0.1) is 0 Å². The maximum atomic E-state index is 10.4. The third-order valence-electron chi connectivity index (χ3n) is 1.86. The first-order valence-corrected chi connectivity index (χ1v) is 5.68. The molecule has 1 heterocycles. The van der Waals surface area contributed by atoms with Crippen LogP contribution in [0.1, 0.15) is 0 Å². The molecule has 0 aromatic heterocycles. The summed E-state index contributed by atoms with van der Waals surface area (Å²) in [7, 11) is 0. The van der Waals surface area contributed by atoms with Crippen LogP contribution in [0.5, 0.6) is 5.75 Å². The standard InChI is InChI=1S/C9H8N2O3.W/c12-9(13)11-6-1-2-8-7(5-6)10-3-4-14-8;/h1-2,5,10-11H,4H2,(H,12,13);. The molecule has 1 aliphatic heterocycles. The molecule has 0 spiro atoms. The van der Waals surface area contributed by atoms with E-state index in [1.165, 1.54) is 19.4 Å². The molecule has 0 fully saturated rings. The molecule has 0 bridgehead atoms. The van der Waals surface area contributed by atoms with Gasteiger partial charge in [-0.2, -0.15) is 0 Å². The van der Waals surface area contributed by atoms with Crippen LogP contribution in [-0.2, 0) is 19.4 Å². The molecule has 1 amide bonds. The van der Waals surface area contributed by atoms with Gasteiger partial charge in [-0.15, -0.1) is 0 Å². The summed E-state index contributed by atoms with van der Waals surface area (Å²) < 4.78 is 6.52. The van der Waals surface area contributed by atoms with Crippen LogP contribution in [0.2, 0.25) is 0 Å². The van der Waals surface area contributed by atoms with Crippen LogP contribution >= 0.6 is 0 Å². The molecule has 0 saturated carbocycles. The number of nitrogens with one attached hydrogen (secondary N) is 2. The number of amides is 1. The molecule has 1 aromatic carbocycles. The number of hydrogen-bond donors (Lipinski definition) is 3. The average Bonchev–Trinajstić information content (AvgIpc) is 2.16. The Balaban J connectivity index is 2.28. The summed E-state index contributed by atoms with van der Waals surface area (Å²) in [6.07, 6.45) is -1.07. The van der Waals surface area contributed by atoms with E-state index in [0.29, 0.717) is 12.3 Å². The van der Waals surface area contributed by atoms with E-state index in [0.717, 1.165) is 15.5 Å². The second-order valence-corrected chi connectivity index (χ2v) is 4.75. The van der Waals surface area contributed by atoms with E-state index < -0.39 is 6.09 Å². The second kappa shape index (κ2) is 4.03. The summed E-state index contributed by atoms with van der Waals surface area (Å²) in [5.41, 5.74) is 1.33. The van der Waals surface area contributed by atoms with Gasteiger partial charge in [0.25, 0.3) is 0 Å². The SMILES string of the molecule is O=C(O)Nc1ccc2c(c1)N[C](=[W])CO2. The number of carbonyl (C=O) groups is 1. The van der Waals surface area contributed by atoms with E-state index in [1.54, 1.807) is 18.2 Å². The molecule has 0 atom stereocenters. The third kappa shape index (κ3) is 2.36. The molecule has 15 heavy (non-hydrogen) atoms. The predicted molar refractivity (Wildman–Crippen MR) is 52.2 cm³/mol. The number of rotatable bonds is 1. The molecule has 0 saturated heterocycles. The third-order valence-corrected chi connectivity index (χ3v) is 2.65. The second-order valence-electron chi connectivity index (χ2n) is 2.98. The van der Waals surface area contributed by atoms with E-state index in [9.17, 15) is 4.79 Å². The van der Waals surface area contributed by atoms with Crippen molar-refractivity contribution < 1.29 is 34.0 Å². The van der Waals surface area contributed by atoms with Gasteiger partial charge in [0.05, 0.1) is 0 Å². The minimum atomic E-state index is -1.07. The van der Waals surface area contributed by atoms with Crippen LogP contribution in [0.4, 0.5) is 16.2 Å². The van der Waals surface area contributed by atoms with Crippen molar-refractivity contribution in [2.24, 2.45) is 0 Å². The molecular weight excluding hydrogens is 368 g/mol. The Labute approximate surface area is 96.8 Å². The van der Waals surface area contributed by atoms with E-state index in [-0.39, 0.29) is 0 Å². The predicted octanol–water partition coefficient (Wildman–Crippen LogP) is 1.26. The molecule has 78 valence electrons. The van der Waals surface area contributed by atoms with Gasteiger partial charge in [-0.3, -0.25) is 0 Å². The fourth-order valence-electron chi connectivity index (χ4n) is 1.28. The summed E-state index contributed by atoms with van der Waals surface area (Å²) in [5, 5.41) is 14.0. The van der Waals surface area contributed by atoms with Crippen molar-refractivity contribution in [3.05, 3.63) is 18.2 Å². The topological polar surface area (TPSA) is 70.6 Å². The first-order valence-electron chi connectivity index (χ1n) is 4.22. The van der Waals surface area contributed by atoms with Gasteiger partial charge in [0.1, 0.15) is 0 Å². The van der Waals surface area contributed by atoms with Crippen molar-refractivity contribution in [1.29, 1.82) is 0 Å². The number of fused-ring (bicyclic) bond motifs is 1. The van der Waals surface area contributed by atoms with Gasteiger partial charge in [-0.1, -0.05) is 0 Å². The van der Waals surface area contributed by atoms with Crippen molar-refractivity contribution in [2.75, 3.05) is 17.2 Å². The van der Waals surface area contributed by atoms with E-state index in [2.05, 4.69) is 10.6 Å². The van der Waals surface area contributed by atoms with Crippen molar-refractivity contribution in [2.45, 2.75) is 0 Å². The zero-order valence-electron chi connectivity index (χ0n) is 7.61. The Morgan fingerprint density at radius 2 is 2.40 bits per heavy atom. The summed E-state index contributed by atoms with van der Waals surface area (Å²) in [5.74, 6) is 0.746. The molecule has 1 aromatic rings. The first-order chi connectivity index (χ1) is 7.15. The summed E-state index contributed by atoms with van der Waals surface area (Å²) >= 11 is 1.31. The van der Waals surface area contributed by atoms with Crippen molar-refractivity contribution in [3.63, 3.8) is 0 Å². The van der Waals surface area contributed by atoms with Gasteiger partial charge in [0.15, 0.2) is 0 Å². The summed E-state index contributed by atoms with van der Waals surface area (Å²) in [4.78, 5) is 10.4.